The van der Waals surface area contributed by atoms with Gasteiger partial charge in [-0.3, -0.25) is 20.4 Å². The lowest BCUT2D eigenvalue weighted by Gasteiger charge is -2.41. The molecule has 2 aromatic rings. The van der Waals surface area contributed by atoms with Crippen molar-refractivity contribution in [1.29, 1.82) is 0 Å². The number of nitrogens with two attached hydrogens (primary N) is 1. The van der Waals surface area contributed by atoms with Crippen LogP contribution >= 0.6 is 11.8 Å². The van der Waals surface area contributed by atoms with Crippen molar-refractivity contribution < 1.29 is 18.8 Å². The molecule has 0 fully saturated rings. The highest BCUT2D eigenvalue weighted by Crippen LogP contribution is 2.42. The molecule has 35 heavy (non-hydrogen) atoms. The summed E-state index contributed by atoms with van der Waals surface area (Å²) in [6.45, 7) is 12.8. The zero-order valence-corrected chi connectivity index (χ0v) is 23.5. The molecular weight excluding hydrogens is 480 g/mol. The van der Waals surface area contributed by atoms with Gasteiger partial charge >= 0.3 is 0 Å². The molecule has 0 aliphatic carbocycles. The largest absolute Gasteiger partial charge is 0.497 e. The van der Waals surface area contributed by atoms with E-state index in [9.17, 15) is 9.59 Å². The first kappa shape index (κ1) is 28.7. The van der Waals surface area contributed by atoms with E-state index in [1.165, 1.54) is 0 Å². The number of rotatable bonds is 11. The Hall–Kier alpha value is -2.56. The van der Waals surface area contributed by atoms with Crippen molar-refractivity contribution in [1.82, 2.24) is 15.8 Å². The number of pyridine rings is 1. The SMILES string of the molecule is COc1ccc(CSc2cnc(C(=O)NNC(=O)CO[Si](C(C)C)(C(C)C)C(C)C)c(N)c2)cc1. The molecule has 192 valence electrons. The fourth-order valence-electron chi connectivity index (χ4n) is 4.53. The lowest BCUT2D eigenvalue weighted by Crippen LogP contribution is -2.51. The van der Waals surface area contributed by atoms with Gasteiger partial charge in [0, 0.05) is 16.8 Å². The number of carbonyl (C=O) groups excluding carboxylic acids is 2. The maximum absolute atomic E-state index is 12.5. The zero-order chi connectivity index (χ0) is 26.2. The molecule has 1 aromatic heterocycles. The van der Waals surface area contributed by atoms with E-state index in [0.29, 0.717) is 16.6 Å². The first-order valence-corrected chi connectivity index (χ1v) is 14.9. The molecule has 10 heteroatoms. The first-order valence-electron chi connectivity index (χ1n) is 11.8. The van der Waals surface area contributed by atoms with Gasteiger partial charge in [-0.1, -0.05) is 53.7 Å². The van der Waals surface area contributed by atoms with E-state index in [2.05, 4.69) is 57.4 Å². The summed E-state index contributed by atoms with van der Waals surface area (Å²) in [6, 6.07) is 9.51. The van der Waals surface area contributed by atoms with Crippen LogP contribution < -0.4 is 21.3 Å². The third-order valence-corrected chi connectivity index (χ3v) is 13.2. The number of amides is 2. The van der Waals surface area contributed by atoms with Crippen LogP contribution in [-0.2, 0) is 15.0 Å². The van der Waals surface area contributed by atoms with E-state index in [1.54, 1.807) is 31.1 Å². The minimum atomic E-state index is -2.18. The Morgan fingerprint density at radius 1 is 1.03 bits per heavy atom. The summed E-state index contributed by atoms with van der Waals surface area (Å²) in [5.74, 6) is 0.533. The maximum atomic E-state index is 12.5. The predicted molar refractivity (Wildman–Crippen MR) is 144 cm³/mol. The van der Waals surface area contributed by atoms with E-state index in [0.717, 1.165) is 22.0 Å². The van der Waals surface area contributed by atoms with Gasteiger partial charge in [0.2, 0.25) is 8.32 Å². The van der Waals surface area contributed by atoms with Gasteiger partial charge in [-0.2, -0.15) is 0 Å². The fraction of sp³-hybridized carbons (Fsp3) is 0.480. The molecule has 0 aliphatic rings. The van der Waals surface area contributed by atoms with Crippen LogP contribution in [0.2, 0.25) is 16.6 Å². The molecule has 0 aliphatic heterocycles. The van der Waals surface area contributed by atoms with Crippen LogP contribution in [-0.4, -0.2) is 38.8 Å². The summed E-state index contributed by atoms with van der Waals surface area (Å²) in [6.07, 6.45) is 1.60. The second-order valence-electron chi connectivity index (χ2n) is 9.35. The van der Waals surface area contributed by atoms with Crippen molar-refractivity contribution in [2.75, 3.05) is 19.5 Å². The van der Waals surface area contributed by atoms with Gasteiger partial charge in [0.15, 0.2) is 5.69 Å². The molecule has 0 unspecified atom stereocenters. The minimum Gasteiger partial charge on any atom is -0.497 e. The summed E-state index contributed by atoms with van der Waals surface area (Å²) < 4.78 is 11.4. The van der Waals surface area contributed by atoms with Crippen LogP contribution in [0.1, 0.15) is 57.6 Å². The van der Waals surface area contributed by atoms with Crippen LogP contribution in [0.15, 0.2) is 41.4 Å². The lowest BCUT2D eigenvalue weighted by atomic mass is 10.2. The highest BCUT2D eigenvalue weighted by atomic mass is 32.2. The van der Waals surface area contributed by atoms with Gasteiger partial charge in [-0.25, -0.2) is 4.98 Å². The number of benzene rings is 1. The van der Waals surface area contributed by atoms with Crippen LogP contribution in [0, 0.1) is 0 Å². The second kappa shape index (κ2) is 12.9. The molecule has 1 heterocycles. The highest BCUT2D eigenvalue weighted by Gasteiger charge is 2.45. The van der Waals surface area contributed by atoms with Gasteiger partial charge in [0.1, 0.15) is 12.4 Å². The summed E-state index contributed by atoms with van der Waals surface area (Å²) in [5, 5.41) is 0. The van der Waals surface area contributed by atoms with Crippen molar-refractivity contribution in [3.63, 3.8) is 0 Å². The molecule has 4 N–H and O–H groups in total. The van der Waals surface area contributed by atoms with Crippen molar-refractivity contribution in [3.05, 3.63) is 47.8 Å². The molecule has 0 radical (unpaired) electrons. The number of thioether (sulfide) groups is 1. The van der Waals surface area contributed by atoms with Crippen LogP contribution in [0.3, 0.4) is 0 Å². The molecule has 0 spiro atoms. The van der Waals surface area contributed by atoms with Gasteiger partial charge in [0.25, 0.3) is 11.8 Å². The predicted octanol–water partition coefficient (Wildman–Crippen LogP) is 4.92. The number of ether oxygens (including phenoxy) is 1. The van der Waals surface area contributed by atoms with Gasteiger partial charge in [-0.05, 0) is 40.4 Å². The number of carbonyl (C=O) groups is 2. The number of nitrogen functional groups attached to an aromatic ring is 1. The normalized spacial score (nSPS) is 11.7. The molecular formula is C25H38N4O4SSi. The Labute approximate surface area is 213 Å². The smallest absolute Gasteiger partial charge is 0.290 e. The molecule has 2 amide bonds. The number of aromatic nitrogens is 1. The zero-order valence-electron chi connectivity index (χ0n) is 21.7. The van der Waals surface area contributed by atoms with E-state index in [4.69, 9.17) is 14.9 Å². The second-order valence-corrected chi connectivity index (χ2v) is 15.9. The van der Waals surface area contributed by atoms with Crippen LogP contribution in [0.5, 0.6) is 5.75 Å². The third-order valence-electron chi connectivity index (χ3n) is 6.15. The van der Waals surface area contributed by atoms with Gasteiger partial charge in [-0.15, -0.1) is 11.8 Å². The van der Waals surface area contributed by atoms with E-state index in [1.807, 2.05) is 24.3 Å². The molecule has 8 nitrogen and oxygen atoms in total. The number of nitrogens with one attached hydrogen (secondary N) is 2. The molecule has 2 rings (SSSR count). The van der Waals surface area contributed by atoms with Crippen LogP contribution in [0.25, 0.3) is 0 Å². The fourth-order valence-corrected chi connectivity index (χ4v) is 10.8. The number of methoxy groups -OCH3 is 1. The Balaban J connectivity index is 1.91. The quantitative estimate of drug-likeness (QED) is 0.220. The van der Waals surface area contributed by atoms with Crippen molar-refractivity contribution in [3.8, 4) is 5.75 Å². The highest BCUT2D eigenvalue weighted by molar-refractivity contribution is 7.98. The molecule has 0 saturated heterocycles. The summed E-state index contributed by atoms with van der Waals surface area (Å²) in [5.41, 5.74) is 13.4. The first-order chi connectivity index (χ1) is 16.5. The lowest BCUT2D eigenvalue weighted by molar-refractivity contribution is -0.124. The number of nitrogens with zero attached hydrogens (tertiary/aromatic N) is 1. The topological polar surface area (TPSA) is 116 Å². The molecule has 0 saturated carbocycles. The average Bonchev–Trinajstić information content (AvgIpc) is 2.81. The van der Waals surface area contributed by atoms with E-state index in [-0.39, 0.29) is 18.0 Å². The van der Waals surface area contributed by atoms with Crippen molar-refractivity contribution >= 4 is 37.6 Å². The van der Waals surface area contributed by atoms with Crippen LogP contribution in [0.4, 0.5) is 5.69 Å². The van der Waals surface area contributed by atoms with Gasteiger partial charge in [0.05, 0.1) is 12.8 Å². The Kier molecular flexibility index (Phi) is 10.6. The summed E-state index contributed by atoms with van der Waals surface area (Å²) in [7, 11) is -0.545. The number of hydrazine groups is 1. The Morgan fingerprint density at radius 3 is 2.14 bits per heavy atom. The molecule has 0 atom stereocenters. The molecule has 0 bridgehead atoms. The van der Waals surface area contributed by atoms with E-state index >= 15 is 0 Å². The van der Waals surface area contributed by atoms with Crippen molar-refractivity contribution in [2.45, 2.75) is 68.8 Å². The van der Waals surface area contributed by atoms with Crippen molar-refractivity contribution in [2.24, 2.45) is 0 Å². The number of hydrogen-bond donors (Lipinski definition) is 3. The Bertz CT molecular complexity index is 978. The summed E-state index contributed by atoms with van der Waals surface area (Å²) >= 11 is 1.56. The monoisotopic (exact) mass is 518 g/mol. The maximum Gasteiger partial charge on any atom is 0.290 e. The number of hydrogen-bond acceptors (Lipinski definition) is 7. The standard InChI is InChI=1S/C25H38N4O4SSi/c1-16(2)35(17(3)4,18(5)6)33-14-23(30)28-29-25(31)24-22(26)12-21(13-27-24)34-15-19-8-10-20(32-7)11-9-19/h8-13,16-18H,14-15,26H2,1-7H3,(H,28,30)(H,29,31). The van der Waals surface area contributed by atoms with E-state index < -0.39 is 20.1 Å². The van der Waals surface area contributed by atoms with Gasteiger partial charge < -0.3 is 14.9 Å². The third kappa shape index (κ3) is 7.46. The Morgan fingerprint density at radius 2 is 1.63 bits per heavy atom. The number of anilines is 1. The average molecular weight is 519 g/mol. The minimum absolute atomic E-state index is 0.0512. The summed E-state index contributed by atoms with van der Waals surface area (Å²) in [4.78, 5) is 30.0. The molecule has 1 aromatic carbocycles.